The zero-order valence-electron chi connectivity index (χ0n) is 8.90. The van der Waals surface area contributed by atoms with E-state index < -0.39 is 12.7 Å². The van der Waals surface area contributed by atoms with Gasteiger partial charge in [-0.15, -0.1) is 0 Å². The molecule has 2 nitrogen and oxygen atoms in total. The number of nitrogens with zero attached hydrogens (tertiary/aromatic N) is 1. The van der Waals surface area contributed by atoms with Gasteiger partial charge in [0.1, 0.15) is 0 Å². The Balaban J connectivity index is 2.08. The van der Waals surface area contributed by atoms with E-state index in [0.717, 1.165) is 19.5 Å². The summed E-state index contributed by atoms with van der Waals surface area (Å²) in [5, 5.41) is 2.40. The van der Waals surface area contributed by atoms with Crippen molar-refractivity contribution in [3.63, 3.8) is 0 Å². The molecule has 0 aromatic rings. The average Bonchev–Trinajstić information content (AvgIpc) is 2.11. The van der Waals surface area contributed by atoms with Gasteiger partial charge in [-0.3, -0.25) is 4.90 Å². The van der Waals surface area contributed by atoms with Gasteiger partial charge in [-0.05, 0) is 13.3 Å². The van der Waals surface area contributed by atoms with Crippen molar-refractivity contribution in [3.8, 4) is 0 Å². The Morgan fingerprint density at radius 3 is 2.80 bits per heavy atom. The first-order valence-electron chi connectivity index (χ1n) is 5.13. The Kier molecular flexibility index (Phi) is 4.60. The van der Waals surface area contributed by atoms with Crippen LogP contribution in [0.5, 0.6) is 0 Å². The van der Waals surface area contributed by atoms with Crippen molar-refractivity contribution < 1.29 is 13.2 Å². The van der Waals surface area contributed by atoms with Crippen LogP contribution in [0.3, 0.4) is 0 Å². The minimum atomic E-state index is -4.10. The molecule has 0 unspecified atom stereocenters. The van der Waals surface area contributed by atoms with Gasteiger partial charge in [-0.2, -0.15) is 13.2 Å². The van der Waals surface area contributed by atoms with Crippen molar-refractivity contribution in [1.82, 2.24) is 10.2 Å². The smallest absolute Gasteiger partial charge is 0.307 e. The highest BCUT2D eigenvalue weighted by molar-refractivity contribution is 5.04. The molecule has 1 aliphatic heterocycles. The highest BCUT2D eigenvalue weighted by Crippen LogP contribution is 2.12. The molecule has 0 aromatic heterocycles. The summed E-state index contributed by atoms with van der Waals surface area (Å²) in [5.41, 5.74) is 1.30. The van der Waals surface area contributed by atoms with Gasteiger partial charge in [0.05, 0.1) is 6.54 Å². The molecular weight excluding hydrogens is 205 g/mol. The molecule has 0 radical (unpaired) electrons. The molecule has 1 rings (SSSR count). The molecule has 0 fully saturated rings. The van der Waals surface area contributed by atoms with Crippen LogP contribution in [0.25, 0.3) is 0 Å². The quantitative estimate of drug-likeness (QED) is 0.576. The summed E-state index contributed by atoms with van der Waals surface area (Å²) in [6.07, 6.45) is -0.914. The number of halogens is 3. The van der Waals surface area contributed by atoms with Crippen molar-refractivity contribution in [2.75, 3.05) is 32.7 Å². The summed E-state index contributed by atoms with van der Waals surface area (Å²) in [6.45, 7) is 4.07. The van der Waals surface area contributed by atoms with Gasteiger partial charge in [-0.25, -0.2) is 0 Å². The van der Waals surface area contributed by atoms with Crippen molar-refractivity contribution in [2.24, 2.45) is 0 Å². The Labute approximate surface area is 88.1 Å². The van der Waals surface area contributed by atoms with E-state index >= 15 is 0 Å². The van der Waals surface area contributed by atoms with Crippen LogP contribution in [0.15, 0.2) is 11.6 Å². The number of rotatable bonds is 4. The third-order valence-electron chi connectivity index (χ3n) is 2.34. The zero-order chi connectivity index (χ0) is 11.3. The van der Waals surface area contributed by atoms with Crippen LogP contribution in [-0.2, 0) is 0 Å². The van der Waals surface area contributed by atoms with Gasteiger partial charge < -0.3 is 5.32 Å². The first kappa shape index (κ1) is 12.5. The summed E-state index contributed by atoms with van der Waals surface area (Å²) in [6, 6.07) is 0. The lowest BCUT2D eigenvalue weighted by atomic mass is 10.1. The lowest BCUT2D eigenvalue weighted by molar-refractivity contribution is -0.124. The summed E-state index contributed by atoms with van der Waals surface area (Å²) >= 11 is 0. The monoisotopic (exact) mass is 222 g/mol. The highest BCUT2D eigenvalue weighted by atomic mass is 19.4. The second kappa shape index (κ2) is 5.51. The van der Waals surface area contributed by atoms with E-state index in [1.54, 1.807) is 0 Å². The molecule has 5 heteroatoms. The van der Waals surface area contributed by atoms with E-state index in [1.165, 1.54) is 5.57 Å². The van der Waals surface area contributed by atoms with Gasteiger partial charge in [0.25, 0.3) is 0 Å². The minimum Gasteiger partial charge on any atom is -0.307 e. The van der Waals surface area contributed by atoms with Crippen LogP contribution in [0.1, 0.15) is 13.3 Å². The summed E-state index contributed by atoms with van der Waals surface area (Å²) in [7, 11) is 0. The average molecular weight is 222 g/mol. The number of hydrogen-bond acceptors (Lipinski definition) is 2. The van der Waals surface area contributed by atoms with Crippen LogP contribution >= 0.6 is 0 Å². The third-order valence-corrected chi connectivity index (χ3v) is 2.34. The minimum absolute atomic E-state index is 0.396. The van der Waals surface area contributed by atoms with E-state index in [2.05, 4.69) is 23.2 Å². The fourth-order valence-electron chi connectivity index (χ4n) is 1.65. The molecule has 1 aliphatic rings. The lowest BCUT2D eigenvalue weighted by Crippen LogP contribution is -2.38. The molecule has 0 aromatic carbocycles. The number of hydrogen-bond donors (Lipinski definition) is 1. The Bertz CT molecular complexity index is 223. The molecule has 1 heterocycles. The predicted molar refractivity (Wildman–Crippen MR) is 53.7 cm³/mol. The zero-order valence-corrected chi connectivity index (χ0v) is 8.90. The first-order valence-corrected chi connectivity index (χ1v) is 5.13. The SMILES string of the molecule is CC1=CCCN(CCNCC(F)(F)F)C1. The summed E-state index contributed by atoms with van der Waals surface area (Å²) < 4.78 is 35.4. The van der Waals surface area contributed by atoms with Crippen molar-refractivity contribution >= 4 is 0 Å². The summed E-state index contributed by atoms with van der Waals surface area (Å²) in [5.74, 6) is 0. The molecule has 0 bridgehead atoms. The van der Waals surface area contributed by atoms with Crippen molar-refractivity contribution in [2.45, 2.75) is 19.5 Å². The van der Waals surface area contributed by atoms with Crippen LogP contribution in [0.4, 0.5) is 13.2 Å². The Morgan fingerprint density at radius 1 is 1.47 bits per heavy atom. The van der Waals surface area contributed by atoms with Gasteiger partial charge >= 0.3 is 6.18 Å². The highest BCUT2D eigenvalue weighted by Gasteiger charge is 2.26. The fourth-order valence-corrected chi connectivity index (χ4v) is 1.65. The predicted octanol–water partition coefficient (Wildman–Crippen LogP) is 1.79. The lowest BCUT2D eigenvalue weighted by Gasteiger charge is -2.25. The van der Waals surface area contributed by atoms with Gasteiger partial charge in [-0.1, -0.05) is 11.6 Å². The van der Waals surface area contributed by atoms with Gasteiger partial charge in [0.2, 0.25) is 0 Å². The molecule has 1 N–H and O–H groups in total. The molecule has 0 saturated heterocycles. The normalized spacial score (nSPS) is 19.1. The van der Waals surface area contributed by atoms with Crippen LogP contribution in [0, 0.1) is 0 Å². The standard InChI is InChI=1S/C10H17F3N2/c1-9-3-2-5-15(7-9)6-4-14-8-10(11,12)13/h3,14H,2,4-8H2,1H3. The molecule has 0 atom stereocenters. The molecule has 0 amide bonds. The molecule has 0 aliphatic carbocycles. The molecule has 0 spiro atoms. The topological polar surface area (TPSA) is 15.3 Å². The third kappa shape index (κ3) is 5.79. The van der Waals surface area contributed by atoms with Gasteiger partial charge in [0, 0.05) is 26.2 Å². The van der Waals surface area contributed by atoms with Crippen LogP contribution < -0.4 is 5.32 Å². The fraction of sp³-hybridized carbons (Fsp3) is 0.800. The van der Waals surface area contributed by atoms with Crippen molar-refractivity contribution in [3.05, 3.63) is 11.6 Å². The summed E-state index contributed by atoms with van der Waals surface area (Å²) in [4.78, 5) is 2.17. The molecule has 15 heavy (non-hydrogen) atoms. The van der Waals surface area contributed by atoms with E-state index in [-0.39, 0.29) is 0 Å². The Hall–Kier alpha value is -0.550. The van der Waals surface area contributed by atoms with E-state index in [0.29, 0.717) is 13.1 Å². The number of nitrogens with one attached hydrogen (secondary N) is 1. The maximum Gasteiger partial charge on any atom is 0.401 e. The van der Waals surface area contributed by atoms with E-state index in [9.17, 15) is 13.2 Å². The van der Waals surface area contributed by atoms with E-state index in [4.69, 9.17) is 0 Å². The van der Waals surface area contributed by atoms with Gasteiger partial charge in [0.15, 0.2) is 0 Å². The second-order valence-electron chi connectivity index (χ2n) is 3.91. The number of alkyl halides is 3. The van der Waals surface area contributed by atoms with Crippen molar-refractivity contribution in [1.29, 1.82) is 0 Å². The first-order chi connectivity index (χ1) is 6.97. The van der Waals surface area contributed by atoms with E-state index in [1.807, 2.05) is 0 Å². The second-order valence-corrected chi connectivity index (χ2v) is 3.91. The van der Waals surface area contributed by atoms with Crippen LogP contribution in [0.2, 0.25) is 0 Å². The molecular formula is C10H17F3N2. The maximum atomic E-state index is 11.8. The largest absolute Gasteiger partial charge is 0.401 e. The Morgan fingerprint density at radius 2 is 2.20 bits per heavy atom. The molecule has 0 saturated carbocycles. The molecule has 88 valence electrons. The van der Waals surface area contributed by atoms with Crippen LogP contribution in [-0.4, -0.2) is 43.8 Å². The maximum absolute atomic E-state index is 11.8.